The molecule has 0 saturated carbocycles. The summed E-state index contributed by atoms with van der Waals surface area (Å²) in [5, 5.41) is 2.69. The normalized spacial score (nSPS) is 13.1. The molecule has 0 aromatic rings. The van der Waals surface area contributed by atoms with E-state index in [9.17, 15) is 23.8 Å². The van der Waals surface area contributed by atoms with Gasteiger partial charge in [-0.3, -0.25) is 18.9 Å². The zero-order valence-corrected chi connectivity index (χ0v) is 43.0. The SMILES string of the molecule is CCCCCCCC/C=C\CCCCCCCC(=O)OC[C@H](COP(=O)([O-])OCCNC(=O)CCCCCCCCCCC[NH3+])OC(=O)CCCCCCC/C=C\CCCCCCCC. The highest BCUT2D eigenvalue weighted by molar-refractivity contribution is 7.45. The van der Waals surface area contributed by atoms with Crippen LogP contribution in [0.3, 0.4) is 0 Å². The molecule has 0 fully saturated rings. The van der Waals surface area contributed by atoms with Crippen LogP contribution in [0.1, 0.15) is 258 Å². The second kappa shape index (κ2) is 49.9. The van der Waals surface area contributed by atoms with Crippen LogP contribution in [-0.4, -0.2) is 56.9 Å². The number of phosphoric ester groups is 1. The fourth-order valence-corrected chi connectivity index (χ4v) is 8.39. The van der Waals surface area contributed by atoms with E-state index < -0.39 is 32.5 Å². The Morgan fingerprint density at radius 2 is 0.892 bits per heavy atom. The molecule has 0 aromatic heterocycles. The van der Waals surface area contributed by atoms with Crippen LogP contribution in [0.15, 0.2) is 24.3 Å². The van der Waals surface area contributed by atoms with Crippen LogP contribution in [0.4, 0.5) is 0 Å². The first-order valence-corrected chi connectivity index (χ1v) is 28.5. The van der Waals surface area contributed by atoms with Gasteiger partial charge in [-0.05, 0) is 83.5 Å². The third-order valence-electron chi connectivity index (χ3n) is 11.8. The third kappa shape index (κ3) is 49.7. The topological polar surface area (TPSA) is 168 Å². The molecule has 1 unspecified atom stereocenters. The molecule has 65 heavy (non-hydrogen) atoms. The summed E-state index contributed by atoms with van der Waals surface area (Å²) in [6, 6.07) is 0. The van der Waals surface area contributed by atoms with E-state index in [1.165, 1.54) is 122 Å². The van der Waals surface area contributed by atoms with Gasteiger partial charge in [0.1, 0.15) is 6.61 Å². The minimum absolute atomic E-state index is 0.0179. The molecule has 0 aliphatic heterocycles. The van der Waals surface area contributed by atoms with E-state index in [-0.39, 0.29) is 38.5 Å². The molecule has 382 valence electrons. The largest absolute Gasteiger partial charge is 0.756 e. The summed E-state index contributed by atoms with van der Waals surface area (Å²) in [5.74, 6) is -1.06. The Balaban J connectivity index is 4.55. The molecule has 0 heterocycles. The first kappa shape index (κ1) is 63.0. The van der Waals surface area contributed by atoms with Gasteiger partial charge >= 0.3 is 11.9 Å². The second-order valence-corrected chi connectivity index (χ2v) is 19.6. The van der Waals surface area contributed by atoms with E-state index in [0.29, 0.717) is 19.3 Å². The average Bonchev–Trinajstić information content (AvgIpc) is 3.29. The van der Waals surface area contributed by atoms with Crippen molar-refractivity contribution in [1.82, 2.24) is 5.32 Å². The summed E-state index contributed by atoms with van der Waals surface area (Å²) in [5.41, 5.74) is 3.88. The predicted molar refractivity (Wildman–Crippen MR) is 266 cm³/mol. The van der Waals surface area contributed by atoms with Crippen molar-refractivity contribution in [3.05, 3.63) is 24.3 Å². The summed E-state index contributed by atoms with van der Waals surface area (Å²) in [6.07, 6.45) is 49.2. The Kier molecular flexibility index (Phi) is 48.3. The lowest BCUT2D eigenvalue weighted by Gasteiger charge is -2.25. The number of phosphoric acid groups is 1. The molecule has 0 aliphatic carbocycles. The number of allylic oxidation sites excluding steroid dienone is 4. The molecule has 1 amide bonds. The van der Waals surface area contributed by atoms with Gasteiger partial charge in [-0.25, -0.2) is 0 Å². The van der Waals surface area contributed by atoms with Gasteiger partial charge < -0.3 is 34.5 Å². The number of unbranched alkanes of at least 4 members (excludes halogenated alkanes) is 30. The average molecular weight is 941 g/mol. The maximum Gasteiger partial charge on any atom is 0.306 e. The smallest absolute Gasteiger partial charge is 0.306 e. The highest BCUT2D eigenvalue weighted by Crippen LogP contribution is 2.38. The predicted octanol–water partition coefficient (Wildman–Crippen LogP) is 13.3. The van der Waals surface area contributed by atoms with Crippen LogP contribution in [0.25, 0.3) is 0 Å². The lowest BCUT2D eigenvalue weighted by atomic mass is 10.1. The highest BCUT2D eigenvalue weighted by atomic mass is 31.2. The van der Waals surface area contributed by atoms with Gasteiger partial charge in [0.25, 0.3) is 7.82 Å². The first-order valence-electron chi connectivity index (χ1n) is 27.0. The number of ether oxygens (including phenoxy) is 2. The van der Waals surface area contributed by atoms with E-state index in [1.54, 1.807) is 0 Å². The molecule has 0 radical (unpaired) electrons. The fourth-order valence-electron chi connectivity index (χ4n) is 7.65. The Hall–Kier alpha value is -2.04. The minimum atomic E-state index is -4.79. The zero-order chi connectivity index (χ0) is 47.6. The summed E-state index contributed by atoms with van der Waals surface area (Å²) < 4.78 is 33.6. The van der Waals surface area contributed by atoms with Crippen molar-refractivity contribution in [3.63, 3.8) is 0 Å². The number of quaternary nitrogens is 1. The Labute approximate surface area is 399 Å². The van der Waals surface area contributed by atoms with Gasteiger partial charge in [-0.2, -0.15) is 0 Å². The van der Waals surface area contributed by atoms with Crippen molar-refractivity contribution >= 4 is 25.7 Å². The monoisotopic (exact) mass is 941 g/mol. The third-order valence-corrected chi connectivity index (χ3v) is 12.7. The number of amides is 1. The fraction of sp³-hybridized carbons (Fsp3) is 0.868. The number of rotatable bonds is 51. The molecule has 0 rings (SSSR count). The molecule has 0 bridgehead atoms. The highest BCUT2D eigenvalue weighted by Gasteiger charge is 2.21. The van der Waals surface area contributed by atoms with Crippen LogP contribution >= 0.6 is 7.82 Å². The molecule has 0 saturated heterocycles. The van der Waals surface area contributed by atoms with Gasteiger partial charge in [0.05, 0.1) is 19.8 Å². The van der Waals surface area contributed by atoms with Gasteiger partial charge in [0.15, 0.2) is 6.10 Å². The maximum absolute atomic E-state index is 12.8. The molecular formula is C53H101N2O9P. The van der Waals surface area contributed by atoms with E-state index in [0.717, 1.165) is 96.4 Å². The Morgan fingerprint density at radius 3 is 1.34 bits per heavy atom. The van der Waals surface area contributed by atoms with Crippen molar-refractivity contribution < 1.29 is 48.1 Å². The molecule has 0 spiro atoms. The van der Waals surface area contributed by atoms with Crippen LogP contribution in [-0.2, 0) is 37.5 Å². The van der Waals surface area contributed by atoms with E-state index in [2.05, 4.69) is 49.2 Å². The van der Waals surface area contributed by atoms with Crippen molar-refractivity contribution in [1.29, 1.82) is 0 Å². The summed E-state index contributed by atoms with van der Waals surface area (Å²) >= 11 is 0. The molecule has 12 heteroatoms. The molecule has 11 nitrogen and oxygen atoms in total. The van der Waals surface area contributed by atoms with Gasteiger partial charge in [0, 0.05) is 25.8 Å². The molecule has 4 N–H and O–H groups in total. The van der Waals surface area contributed by atoms with Crippen molar-refractivity contribution in [2.75, 3.05) is 32.9 Å². The van der Waals surface area contributed by atoms with Crippen LogP contribution in [0.5, 0.6) is 0 Å². The van der Waals surface area contributed by atoms with Crippen molar-refractivity contribution in [2.45, 2.75) is 264 Å². The zero-order valence-electron chi connectivity index (χ0n) is 42.1. The van der Waals surface area contributed by atoms with Crippen molar-refractivity contribution in [3.8, 4) is 0 Å². The number of hydrogen-bond acceptors (Lipinski definition) is 9. The summed E-state index contributed by atoms with van der Waals surface area (Å²) in [6.45, 7) is 4.38. The second-order valence-electron chi connectivity index (χ2n) is 18.2. The van der Waals surface area contributed by atoms with Crippen molar-refractivity contribution in [2.24, 2.45) is 0 Å². The van der Waals surface area contributed by atoms with Gasteiger partial charge in [-0.1, -0.05) is 179 Å². The number of nitrogens with one attached hydrogen (secondary N) is 1. The minimum Gasteiger partial charge on any atom is -0.756 e. The van der Waals surface area contributed by atoms with Gasteiger partial charge in [0.2, 0.25) is 5.91 Å². The summed E-state index contributed by atoms with van der Waals surface area (Å²) in [7, 11) is -4.79. The number of carbonyl (C=O) groups is 3. The van der Waals surface area contributed by atoms with Crippen LogP contribution in [0, 0.1) is 0 Å². The Bertz CT molecular complexity index is 1180. The quantitative estimate of drug-likeness (QED) is 0.0261. The van der Waals surface area contributed by atoms with Gasteiger partial charge in [-0.15, -0.1) is 0 Å². The Morgan fingerprint density at radius 1 is 0.508 bits per heavy atom. The maximum atomic E-state index is 12.8. The van der Waals surface area contributed by atoms with E-state index in [1.807, 2.05) is 0 Å². The number of esters is 2. The molecule has 0 aliphatic rings. The number of hydrogen-bond donors (Lipinski definition) is 2. The van der Waals surface area contributed by atoms with E-state index >= 15 is 0 Å². The molecular weight excluding hydrogens is 840 g/mol. The lowest BCUT2D eigenvalue weighted by molar-refractivity contribution is -0.368. The standard InChI is InChI=1S/C53H101N2O9P/c1-3-5-7-9-11-13-15-17-19-21-23-27-31-35-39-43-52(57)61-48-50(64-53(58)44-40-36-32-28-24-22-20-18-16-14-12-10-8-6-4-2)49-63-65(59,60)62-47-46-55-51(56)42-38-34-30-26-25-29-33-37-41-45-54/h17-20,50H,3-16,21-49,54H2,1-2H3,(H,55,56)(H,59,60)/b19-17-,20-18-/t50-/m1/s1. The lowest BCUT2D eigenvalue weighted by Crippen LogP contribution is -2.50. The summed E-state index contributed by atoms with van der Waals surface area (Å²) in [4.78, 5) is 50.2. The van der Waals surface area contributed by atoms with E-state index in [4.69, 9.17) is 18.5 Å². The molecule has 0 aromatic carbocycles. The van der Waals surface area contributed by atoms with Crippen LogP contribution < -0.4 is 15.9 Å². The van der Waals surface area contributed by atoms with Crippen LogP contribution in [0.2, 0.25) is 0 Å². The first-order chi connectivity index (χ1) is 31.7. The number of carbonyl (C=O) groups excluding carboxylic acids is 3. The molecule has 2 atom stereocenters.